The maximum Gasteiger partial charge on any atom is 0.573 e. The molecule has 3 amide bonds. The number of carbonyl (C=O) groups is 3. The molecule has 1 saturated heterocycles. The van der Waals surface area contributed by atoms with Crippen LogP contribution in [0.1, 0.15) is 27.7 Å². The van der Waals surface area contributed by atoms with Crippen molar-refractivity contribution in [1.82, 2.24) is 10.2 Å². The van der Waals surface area contributed by atoms with Gasteiger partial charge in [-0.3, -0.25) is 14.5 Å². The standard InChI is InChI=1S/C23H23F3N2O5/c1-21(2)19(30)28(20(31)27-21)13-18(29)22(3,4)32-16-9-5-14(6-10-16)15-7-11-17(12-8-15)33-23(24,25)26/h5-12H,13H2,1-4H3,(H,27,31). The number of halogens is 3. The molecule has 2 aromatic rings. The molecule has 1 aliphatic heterocycles. The van der Waals surface area contributed by atoms with Crippen LogP contribution in [-0.4, -0.2) is 46.7 Å². The average Bonchev–Trinajstić information content (AvgIpc) is 2.89. The molecule has 176 valence electrons. The van der Waals surface area contributed by atoms with Gasteiger partial charge in [0, 0.05) is 0 Å². The summed E-state index contributed by atoms with van der Waals surface area (Å²) in [6.45, 7) is 5.75. The van der Waals surface area contributed by atoms with Crippen LogP contribution >= 0.6 is 0 Å². The van der Waals surface area contributed by atoms with Crippen molar-refractivity contribution in [3.63, 3.8) is 0 Å². The average molecular weight is 464 g/mol. The number of ether oxygens (including phenoxy) is 2. The van der Waals surface area contributed by atoms with Crippen LogP contribution < -0.4 is 14.8 Å². The largest absolute Gasteiger partial charge is 0.573 e. The number of hydrogen-bond acceptors (Lipinski definition) is 5. The Morgan fingerprint density at radius 1 is 0.909 bits per heavy atom. The van der Waals surface area contributed by atoms with E-state index in [1.165, 1.54) is 38.1 Å². The van der Waals surface area contributed by atoms with Crippen molar-refractivity contribution in [3.05, 3.63) is 48.5 Å². The minimum absolute atomic E-state index is 0.319. The van der Waals surface area contributed by atoms with Crippen LogP contribution in [-0.2, 0) is 9.59 Å². The van der Waals surface area contributed by atoms with Crippen LogP contribution in [0.4, 0.5) is 18.0 Å². The fraction of sp³-hybridized carbons (Fsp3) is 0.348. The van der Waals surface area contributed by atoms with Gasteiger partial charge >= 0.3 is 12.4 Å². The van der Waals surface area contributed by atoms with Crippen LogP contribution in [0, 0.1) is 0 Å². The maximum absolute atomic E-state index is 12.8. The summed E-state index contributed by atoms with van der Waals surface area (Å²) >= 11 is 0. The lowest BCUT2D eigenvalue weighted by Crippen LogP contribution is -2.47. The number of amides is 3. The van der Waals surface area contributed by atoms with Gasteiger partial charge in [0.2, 0.25) is 0 Å². The van der Waals surface area contributed by atoms with E-state index in [9.17, 15) is 27.6 Å². The first kappa shape index (κ1) is 24.1. The van der Waals surface area contributed by atoms with E-state index >= 15 is 0 Å². The Kier molecular flexibility index (Phi) is 6.14. The van der Waals surface area contributed by atoms with Gasteiger partial charge in [-0.1, -0.05) is 24.3 Å². The number of imide groups is 1. The molecule has 0 spiro atoms. The second-order valence-corrected chi connectivity index (χ2v) is 8.58. The Balaban J connectivity index is 1.65. The smallest absolute Gasteiger partial charge is 0.480 e. The van der Waals surface area contributed by atoms with Gasteiger partial charge in [0.1, 0.15) is 17.0 Å². The van der Waals surface area contributed by atoms with Crippen molar-refractivity contribution in [2.24, 2.45) is 0 Å². The summed E-state index contributed by atoms with van der Waals surface area (Å²) < 4.78 is 46.5. The van der Waals surface area contributed by atoms with Gasteiger partial charge in [-0.15, -0.1) is 13.2 Å². The summed E-state index contributed by atoms with van der Waals surface area (Å²) in [4.78, 5) is 37.9. The summed E-state index contributed by atoms with van der Waals surface area (Å²) in [5.74, 6) is -0.910. The second kappa shape index (κ2) is 8.42. The fourth-order valence-corrected chi connectivity index (χ4v) is 3.21. The van der Waals surface area contributed by atoms with Gasteiger partial charge in [0.25, 0.3) is 5.91 Å². The molecule has 10 heteroatoms. The van der Waals surface area contributed by atoms with E-state index in [4.69, 9.17) is 4.74 Å². The number of rotatable bonds is 7. The highest BCUT2D eigenvalue weighted by atomic mass is 19.4. The normalized spacial score (nSPS) is 15.9. The highest BCUT2D eigenvalue weighted by molar-refractivity contribution is 6.09. The number of alkyl halides is 3. The summed E-state index contributed by atoms with van der Waals surface area (Å²) in [5, 5.41) is 2.52. The molecule has 7 nitrogen and oxygen atoms in total. The number of nitrogens with one attached hydrogen (secondary N) is 1. The lowest BCUT2D eigenvalue weighted by molar-refractivity contribution is -0.274. The zero-order valence-corrected chi connectivity index (χ0v) is 18.4. The predicted octanol–water partition coefficient (Wildman–Crippen LogP) is 4.31. The van der Waals surface area contributed by atoms with E-state index in [2.05, 4.69) is 10.1 Å². The molecule has 1 fully saturated rings. The molecular formula is C23H23F3N2O5. The van der Waals surface area contributed by atoms with Gasteiger partial charge in [-0.2, -0.15) is 0 Å². The number of benzene rings is 2. The first-order valence-electron chi connectivity index (χ1n) is 10.0. The number of hydrogen-bond donors (Lipinski definition) is 1. The lowest BCUT2D eigenvalue weighted by Gasteiger charge is -2.27. The molecule has 1 heterocycles. The minimum Gasteiger partial charge on any atom is -0.480 e. The van der Waals surface area contributed by atoms with E-state index in [1.807, 2.05) is 0 Å². The minimum atomic E-state index is -4.76. The monoisotopic (exact) mass is 464 g/mol. The number of nitrogens with zero attached hydrogens (tertiary/aromatic N) is 1. The maximum atomic E-state index is 12.8. The SMILES string of the molecule is CC1(C)NC(=O)N(CC(=O)C(C)(C)Oc2ccc(-c3ccc(OC(F)(F)F)cc3)cc2)C1=O. The van der Waals surface area contributed by atoms with Gasteiger partial charge in [-0.05, 0) is 63.1 Å². The van der Waals surface area contributed by atoms with Gasteiger partial charge in [-0.25, -0.2) is 4.79 Å². The van der Waals surface area contributed by atoms with Gasteiger partial charge < -0.3 is 14.8 Å². The number of urea groups is 1. The summed E-state index contributed by atoms with van der Waals surface area (Å²) in [7, 11) is 0. The second-order valence-electron chi connectivity index (χ2n) is 8.58. The van der Waals surface area contributed by atoms with E-state index in [0.29, 0.717) is 16.9 Å². The fourth-order valence-electron chi connectivity index (χ4n) is 3.21. The summed E-state index contributed by atoms with van der Waals surface area (Å²) in [6.07, 6.45) is -4.76. The van der Waals surface area contributed by atoms with Crippen LogP contribution in [0.3, 0.4) is 0 Å². The van der Waals surface area contributed by atoms with Crippen molar-refractivity contribution in [2.45, 2.75) is 45.2 Å². The van der Waals surface area contributed by atoms with E-state index in [0.717, 1.165) is 4.90 Å². The molecule has 0 aromatic heterocycles. The van der Waals surface area contributed by atoms with E-state index in [-0.39, 0.29) is 5.75 Å². The number of ketones is 1. The van der Waals surface area contributed by atoms with Crippen molar-refractivity contribution in [2.75, 3.05) is 6.54 Å². The van der Waals surface area contributed by atoms with Crippen molar-refractivity contribution < 1.29 is 37.0 Å². The third-order valence-electron chi connectivity index (χ3n) is 5.07. The summed E-state index contributed by atoms with van der Waals surface area (Å²) in [5.41, 5.74) is -1.03. The topological polar surface area (TPSA) is 84.9 Å². The van der Waals surface area contributed by atoms with Gasteiger partial charge in [0.05, 0.1) is 6.54 Å². The zero-order chi connectivity index (χ0) is 24.6. The van der Waals surface area contributed by atoms with Crippen LogP contribution in [0.2, 0.25) is 0 Å². The van der Waals surface area contributed by atoms with E-state index in [1.54, 1.807) is 38.1 Å². The molecule has 0 saturated carbocycles. The van der Waals surface area contributed by atoms with Crippen LogP contribution in [0.5, 0.6) is 11.5 Å². The molecule has 2 aromatic carbocycles. The lowest BCUT2D eigenvalue weighted by atomic mass is 10.0. The Morgan fingerprint density at radius 2 is 1.36 bits per heavy atom. The third kappa shape index (κ3) is 5.63. The number of Topliss-reactive ketones (excluding diaryl/α,β-unsaturated/α-hetero) is 1. The molecule has 0 unspecified atom stereocenters. The van der Waals surface area contributed by atoms with Gasteiger partial charge in [0.15, 0.2) is 11.4 Å². The Hall–Kier alpha value is -3.56. The first-order valence-corrected chi connectivity index (χ1v) is 10.0. The molecule has 0 bridgehead atoms. The third-order valence-corrected chi connectivity index (χ3v) is 5.07. The van der Waals surface area contributed by atoms with Crippen molar-refractivity contribution >= 4 is 17.7 Å². The molecule has 0 radical (unpaired) electrons. The highest BCUT2D eigenvalue weighted by Gasteiger charge is 2.46. The molecule has 1 N–H and O–H groups in total. The molecule has 33 heavy (non-hydrogen) atoms. The van der Waals surface area contributed by atoms with E-state index < -0.39 is 41.8 Å². The molecular weight excluding hydrogens is 441 g/mol. The quantitative estimate of drug-likeness (QED) is 0.618. The number of carbonyl (C=O) groups excluding carboxylic acids is 3. The van der Waals surface area contributed by atoms with Crippen LogP contribution in [0.15, 0.2) is 48.5 Å². The Labute approximate surface area is 188 Å². The van der Waals surface area contributed by atoms with Crippen molar-refractivity contribution in [1.29, 1.82) is 0 Å². The molecule has 3 rings (SSSR count). The Bertz CT molecular complexity index is 1060. The molecule has 0 aliphatic carbocycles. The van der Waals surface area contributed by atoms with Crippen molar-refractivity contribution in [3.8, 4) is 22.6 Å². The summed E-state index contributed by atoms with van der Waals surface area (Å²) in [6, 6.07) is 11.4. The predicted molar refractivity (Wildman–Crippen MR) is 113 cm³/mol. The molecule has 0 atom stereocenters. The van der Waals surface area contributed by atoms with Crippen LogP contribution in [0.25, 0.3) is 11.1 Å². The molecule has 1 aliphatic rings. The Morgan fingerprint density at radius 3 is 1.76 bits per heavy atom. The zero-order valence-electron chi connectivity index (χ0n) is 18.4. The highest BCUT2D eigenvalue weighted by Crippen LogP contribution is 2.29. The first-order chi connectivity index (χ1) is 15.2.